The van der Waals surface area contributed by atoms with Crippen LogP contribution in [0.5, 0.6) is 0 Å². The van der Waals surface area contributed by atoms with E-state index in [1.165, 1.54) is 0 Å². The van der Waals surface area contributed by atoms with Crippen molar-refractivity contribution in [3.63, 3.8) is 0 Å². The Kier molecular flexibility index (Phi) is 9.07. The third kappa shape index (κ3) is 7.06. The minimum Gasteiger partial charge on any atom is -0.395 e. The highest BCUT2D eigenvalue weighted by Crippen LogP contribution is 2.03. The number of nitrogens with zero attached hydrogens (tertiary/aromatic N) is 2. The van der Waals surface area contributed by atoms with Gasteiger partial charge in [0.1, 0.15) is 0 Å². The zero-order chi connectivity index (χ0) is 13.9. The van der Waals surface area contributed by atoms with Gasteiger partial charge in [0.25, 0.3) is 0 Å². The van der Waals surface area contributed by atoms with Crippen LogP contribution >= 0.6 is 12.2 Å². The van der Waals surface area contributed by atoms with Gasteiger partial charge in [0, 0.05) is 45.9 Å². The van der Waals surface area contributed by atoms with Gasteiger partial charge in [-0.3, -0.25) is 4.90 Å². The normalized spacial score (nSPS) is 17.3. The molecule has 0 aromatic carbocycles. The average molecular weight is 289 g/mol. The van der Waals surface area contributed by atoms with Gasteiger partial charge in [0.15, 0.2) is 5.11 Å². The van der Waals surface area contributed by atoms with Crippen LogP contribution in [-0.4, -0.2) is 79.1 Å². The van der Waals surface area contributed by atoms with Crippen molar-refractivity contribution in [3.8, 4) is 0 Å². The van der Waals surface area contributed by atoms with Gasteiger partial charge >= 0.3 is 0 Å². The Balaban J connectivity index is 2.17. The molecule has 1 fully saturated rings. The fourth-order valence-corrected chi connectivity index (χ4v) is 2.45. The first-order valence-corrected chi connectivity index (χ1v) is 7.62. The molecule has 0 saturated carbocycles. The Hall–Kier alpha value is -0.430. The summed E-state index contributed by atoms with van der Waals surface area (Å²) in [6.07, 6.45) is 2.08. The Bertz CT molecular complexity index is 254. The number of hydrogen-bond donors (Lipinski definition) is 2. The summed E-state index contributed by atoms with van der Waals surface area (Å²) in [6.45, 7) is 9.40. The van der Waals surface area contributed by atoms with Gasteiger partial charge in [0.05, 0.1) is 6.61 Å². The largest absolute Gasteiger partial charge is 0.395 e. The van der Waals surface area contributed by atoms with E-state index < -0.39 is 0 Å². The van der Waals surface area contributed by atoms with Gasteiger partial charge in [0.2, 0.25) is 0 Å². The van der Waals surface area contributed by atoms with Crippen molar-refractivity contribution in [2.75, 3.05) is 59.1 Å². The monoisotopic (exact) mass is 289 g/mol. The summed E-state index contributed by atoms with van der Waals surface area (Å²) in [7, 11) is 0. The molecule has 0 spiro atoms. The quantitative estimate of drug-likeness (QED) is 0.519. The van der Waals surface area contributed by atoms with E-state index in [4.69, 9.17) is 22.1 Å². The van der Waals surface area contributed by atoms with Crippen molar-refractivity contribution in [2.45, 2.75) is 19.8 Å². The van der Waals surface area contributed by atoms with Crippen LogP contribution in [0.1, 0.15) is 19.8 Å². The van der Waals surface area contributed by atoms with E-state index >= 15 is 0 Å². The average Bonchev–Trinajstić information content (AvgIpc) is 2.64. The van der Waals surface area contributed by atoms with Gasteiger partial charge in [-0.15, -0.1) is 0 Å². The minimum absolute atomic E-state index is 0.236. The molecule has 6 heteroatoms. The minimum atomic E-state index is 0.236. The zero-order valence-corrected chi connectivity index (χ0v) is 12.8. The van der Waals surface area contributed by atoms with Crippen molar-refractivity contribution < 1.29 is 9.84 Å². The summed E-state index contributed by atoms with van der Waals surface area (Å²) in [5, 5.41) is 13.1. The van der Waals surface area contributed by atoms with Crippen molar-refractivity contribution >= 4 is 17.3 Å². The number of aliphatic hydroxyl groups is 1. The van der Waals surface area contributed by atoms with E-state index in [1.54, 1.807) is 0 Å². The molecule has 0 bridgehead atoms. The predicted octanol–water partition coefficient (Wildman–Crippen LogP) is 0.288. The number of thiocarbonyl (C=S) groups is 1. The fraction of sp³-hybridized carbons (Fsp3) is 0.923. The van der Waals surface area contributed by atoms with Crippen LogP contribution in [0, 0.1) is 0 Å². The molecule has 1 aliphatic rings. The second kappa shape index (κ2) is 10.4. The van der Waals surface area contributed by atoms with Crippen molar-refractivity contribution in [2.24, 2.45) is 0 Å². The lowest BCUT2D eigenvalue weighted by Gasteiger charge is -2.24. The summed E-state index contributed by atoms with van der Waals surface area (Å²) in [6, 6.07) is 0. The van der Waals surface area contributed by atoms with Crippen molar-refractivity contribution in [1.82, 2.24) is 15.1 Å². The summed E-state index contributed by atoms with van der Waals surface area (Å²) < 4.78 is 5.29. The highest BCUT2D eigenvalue weighted by molar-refractivity contribution is 7.80. The Labute approximate surface area is 121 Å². The van der Waals surface area contributed by atoms with Gasteiger partial charge < -0.3 is 20.1 Å². The zero-order valence-electron chi connectivity index (χ0n) is 11.9. The maximum atomic E-state index is 8.97. The number of β-amino-alcohol motifs (C(OH)–C–C–N with tert-alkyl or cyclic N) is 1. The van der Waals surface area contributed by atoms with Gasteiger partial charge in [-0.05, 0) is 38.5 Å². The Morgan fingerprint density at radius 2 is 2.16 bits per heavy atom. The van der Waals surface area contributed by atoms with Crippen LogP contribution in [0.2, 0.25) is 0 Å². The second-order valence-corrected chi connectivity index (χ2v) is 5.07. The maximum absolute atomic E-state index is 8.97. The van der Waals surface area contributed by atoms with Crippen LogP contribution in [-0.2, 0) is 4.74 Å². The highest BCUT2D eigenvalue weighted by atomic mass is 32.1. The molecule has 0 atom stereocenters. The summed E-state index contributed by atoms with van der Waals surface area (Å²) in [5.41, 5.74) is 0. The number of hydrogen-bond acceptors (Lipinski definition) is 4. The first-order chi connectivity index (χ1) is 9.27. The van der Waals surface area contributed by atoms with Gasteiger partial charge in [-0.25, -0.2) is 0 Å². The summed E-state index contributed by atoms with van der Waals surface area (Å²) >= 11 is 5.42. The van der Waals surface area contributed by atoms with E-state index in [9.17, 15) is 0 Å². The first kappa shape index (κ1) is 16.6. The lowest BCUT2D eigenvalue weighted by Crippen LogP contribution is -2.42. The molecule has 1 rings (SSSR count). The smallest absolute Gasteiger partial charge is 0.168 e. The van der Waals surface area contributed by atoms with E-state index in [0.29, 0.717) is 0 Å². The Morgan fingerprint density at radius 1 is 1.32 bits per heavy atom. The van der Waals surface area contributed by atoms with Gasteiger partial charge in [-0.1, -0.05) is 0 Å². The van der Waals surface area contributed by atoms with Crippen LogP contribution < -0.4 is 5.32 Å². The topological polar surface area (TPSA) is 48.0 Å². The number of nitrogens with one attached hydrogen (secondary N) is 1. The predicted molar refractivity (Wildman–Crippen MR) is 81.4 cm³/mol. The molecule has 0 aliphatic carbocycles. The molecule has 0 amide bonds. The molecule has 1 saturated heterocycles. The van der Waals surface area contributed by atoms with E-state index in [-0.39, 0.29) is 6.61 Å². The van der Waals surface area contributed by atoms with Crippen LogP contribution in [0.3, 0.4) is 0 Å². The molecule has 0 radical (unpaired) electrons. The molecule has 0 aromatic rings. The lowest BCUT2D eigenvalue weighted by molar-refractivity contribution is 0.145. The van der Waals surface area contributed by atoms with Crippen molar-refractivity contribution in [3.05, 3.63) is 0 Å². The lowest BCUT2D eigenvalue weighted by atomic mass is 10.4. The summed E-state index contributed by atoms with van der Waals surface area (Å²) in [5.74, 6) is 0. The molecule has 5 nitrogen and oxygen atoms in total. The molecule has 0 aromatic heterocycles. The summed E-state index contributed by atoms with van der Waals surface area (Å²) in [4.78, 5) is 4.52. The third-order valence-corrected chi connectivity index (χ3v) is 3.64. The van der Waals surface area contributed by atoms with E-state index in [1.807, 2.05) is 6.92 Å². The molecule has 2 N–H and O–H groups in total. The number of ether oxygens (including phenoxy) is 1. The van der Waals surface area contributed by atoms with Crippen LogP contribution in [0.15, 0.2) is 0 Å². The van der Waals surface area contributed by atoms with Crippen molar-refractivity contribution in [1.29, 1.82) is 0 Å². The molecule has 1 heterocycles. The van der Waals surface area contributed by atoms with E-state index in [0.717, 1.165) is 70.4 Å². The highest BCUT2D eigenvalue weighted by Gasteiger charge is 2.15. The maximum Gasteiger partial charge on any atom is 0.168 e. The number of rotatable bonds is 7. The molecule has 19 heavy (non-hydrogen) atoms. The SMILES string of the molecule is CCOCCCNC(=S)N1CCCN(CCO)CC1. The first-order valence-electron chi connectivity index (χ1n) is 7.21. The van der Waals surface area contributed by atoms with Gasteiger partial charge in [-0.2, -0.15) is 0 Å². The van der Waals surface area contributed by atoms with Crippen LogP contribution in [0.4, 0.5) is 0 Å². The standard InChI is InChI=1S/C13H27N3O2S/c1-2-18-12-3-5-14-13(19)16-7-4-6-15(8-9-16)10-11-17/h17H,2-12H2,1H3,(H,14,19). The molecule has 1 aliphatic heterocycles. The Morgan fingerprint density at radius 3 is 2.89 bits per heavy atom. The second-order valence-electron chi connectivity index (χ2n) is 4.69. The fourth-order valence-electron chi connectivity index (χ4n) is 2.16. The molecule has 0 unspecified atom stereocenters. The molecular formula is C13H27N3O2S. The third-order valence-electron chi connectivity index (χ3n) is 3.24. The number of aliphatic hydroxyl groups excluding tert-OH is 1. The molecule has 112 valence electrons. The van der Waals surface area contributed by atoms with E-state index in [2.05, 4.69) is 15.1 Å². The van der Waals surface area contributed by atoms with Crippen LogP contribution in [0.25, 0.3) is 0 Å². The molecular weight excluding hydrogens is 262 g/mol.